The topological polar surface area (TPSA) is 154 Å². The van der Waals surface area contributed by atoms with E-state index in [1.54, 1.807) is 51.2 Å². The van der Waals surface area contributed by atoms with E-state index >= 15 is 0 Å². The average molecular weight is 642 g/mol. The fraction of sp³-hybridized carbons (Fsp3) is 0.375. The molecule has 238 valence electrons. The molecule has 1 aromatic carbocycles. The van der Waals surface area contributed by atoms with Gasteiger partial charge in [-0.2, -0.15) is 5.10 Å². The Kier molecular flexibility index (Phi) is 8.38. The van der Waals surface area contributed by atoms with Gasteiger partial charge >= 0.3 is 6.09 Å². The van der Waals surface area contributed by atoms with Crippen molar-refractivity contribution in [2.24, 2.45) is 0 Å². The zero-order valence-corrected chi connectivity index (χ0v) is 27.1. The quantitative estimate of drug-likeness (QED) is 0.232. The van der Waals surface area contributed by atoms with Crippen molar-refractivity contribution < 1.29 is 18.7 Å². The summed E-state index contributed by atoms with van der Waals surface area (Å²) in [7, 11) is 0. The minimum Gasteiger partial charge on any atom is -0.444 e. The molecule has 1 aliphatic heterocycles. The van der Waals surface area contributed by atoms with E-state index in [-0.39, 0.29) is 29.4 Å². The monoisotopic (exact) mass is 641 g/mol. The van der Waals surface area contributed by atoms with Gasteiger partial charge in [0, 0.05) is 29.6 Å². The molecule has 0 bridgehead atoms. The van der Waals surface area contributed by atoms with Gasteiger partial charge in [0.2, 0.25) is 5.89 Å². The Bertz CT molecular complexity index is 1830. The van der Waals surface area contributed by atoms with E-state index in [9.17, 15) is 9.59 Å². The number of likely N-dealkylation sites (tertiary alicyclic amines) is 1. The second-order valence-corrected chi connectivity index (χ2v) is 13.3. The van der Waals surface area contributed by atoms with Gasteiger partial charge in [-0.05, 0) is 65.2 Å². The number of hydrogen-bond donors (Lipinski definition) is 1. The molecule has 14 heteroatoms. The van der Waals surface area contributed by atoms with Crippen molar-refractivity contribution in [1.29, 1.82) is 0 Å². The van der Waals surface area contributed by atoms with Crippen LogP contribution in [0, 0.1) is 6.92 Å². The first-order valence-electron chi connectivity index (χ1n) is 15.0. The minimum absolute atomic E-state index is 0.0739. The van der Waals surface area contributed by atoms with Crippen LogP contribution in [0.5, 0.6) is 0 Å². The maximum absolute atomic E-state index is 14.0. The highest BCUT2D eigenvalue weighted by Gasteiger charge is 2.37. The van der Waals surface area contributed by atoms with Crippen LogP contribution in [0.25, 0.3) is 17.4 Å². The first kappa shape index (κ1) is 31.0. The fourth-order valence-electron chi connectivity index (χ4n) is 5.41. The van der Waals surface area contributed by atoms with Crippen LogP contribution in [-0.2, 0) is 16.7 Å². The Morgan fingerprint density at radius 1 is 1.11 bits per heavy atom. The molecule has 5 aromatic rings. The third-order valence-corrected chi connectivity index (χ3v) is 8.51. The van der Waals surface area contributed by atoms with Gasteiger partial charge in [-0.15, -0.1) is 21.5 Å². The lowest BCUT2D eigenvalue weighted by Gasteiger charge is -2.29. The first-order chi connectivity index (χ1) is 22.0. The number of nitrogens with one attached hydrogen (secondary N) is 1. The number of hydrogen-bond acceptors (Lipinski definition) is 11. The zero-order valence-electron chi connectivity index (χ0n) is 26.3. The summed E-state index contributed by atoms with van der Waals surface area (Å²) < 4.78 is 13.3. The zero-order chi connectivity index (χ0) is 32.5. The van der Waals surface area contributed by atoms with Gasteiger partial charge in [0.1, 0.15) is 34.5 Å². The van der Waals surface area contributed by atoms with Crippen LogP contribution in [0.4, 0.5) is 4.79 Å². The highest BCUT2D eigenvalue weighted by atomic mass is 32.1. The molecule has 2 amide bonds. The molecule has 5 heterocycles. The molecule has 2 atom stereocenters. The third-order valence-electron chi connectivity index (χ3n) is 7.44. The summed E-state index contributed by atoms with van der Waals surface area (Å²) >= 11 is 1.56. The van der Waals surface area contributed by atoms with Gasteiger partial charge in [0.25, 0.3) is 11.8 Å². The molecule has 1 N–H and O–H groups in total. The number of alkyl carbamates (subject to hydrolysis) is 1. The number of aromatic nitrogens is 7. The summed E-state index contributed by atoms with van der Waals surface area (Å²) in [6, 6.07) is 12.9. The van der Waals surface area contributed by atoms with Crippen LogP contribution in [0.1, 0.15) is 79.1 Å². The standard InChI is InChI=1S/C32H35N9O4S/c1-20-17-46-27(35-20)24-12-9-13-40(24)28(42)22-14-23(36-25(15-22)41-19-33-18-34-41)26-38-39-29(44-26)32(5,16-21-10-7-6-8-11-21)37-30(43)45-31(2,3)4/h6-8,10-11,14-15,17-19,24H,9,12-13,16H2,1-5H3,(H,37,43)/t24-,32?/m1/s1. The second-order valence-electron chi connectivity index (χ2n) is 12.5. The van der Waals surface area contributed by atoms with E-state index in [0.29, 0.717) is 24.3 Å². The van der Waals surface area contributed by atoms with Crippen molar-refractivity contribution in [3.8, 4) is 17.4 Å². The Morgan fingerprint density at radius 2 is 1.91 bits per heavy atom. The molecule has 13 nitrogen and oxygen atoms in total. The molecular formula is C32H35N9O4S. The molecule has 0 spiro atoms. The smallest absolute Gasteiger partial charge is 0.408 e. The van der Waals surface area contributed by atoms with E-state index in [0.717, 1.165) is 29.1 Å². The van der Waals surface area contributed by atoms with Crippen LogP contribution >= 0.6 is 11.3 Å². The predicted molar refractivity (Wildman–Crippen MR) is 169 cm³/mol. The number of pyridine rings is 1. The second kappa shape index (κ2) is 12.4. The Morgan fingerprint density at radius 3 is 2.61 bits per heavy atom. The van der Waals surface area contributed by atoms with Crippen molar-refractivity contribution >= 4 is 23.3 Å². The van der Waals surface area contributed by atoms with Gasteiger partial charge < -0.3 is 19.4 Å². The molecule has 46 heavy (non-hydrogen) atoms. The minimum atomic E-state index is -1.13. The van der Waals surface area contributed by atoms with E-state index in [1.807, 2.05) is 47.5 Å². The molecule has 1 fully saturated rings. The maximum Gasteiger partial charge on any atom is 0.408 e. The maximum atomic E-state index is 14.0. The fourth-order valence-corrected chi connectivity index (χ4v) is 6.35. The van der Waals surface area contributed by atoms with Gasteiger partial charge in [0.05, 0.1) is 6.04 Å². The van der Waals surface area contributed by atoms with Crippen LogP contribution < -0.4 is 5.32 Å². The largest absolute Gasteiger partial charge is 0.444 e. The Hall–Kier alpha value is -4.98. The molecule has 6 rings (SSSR count). The Balaban J connectivity index is 1.36. The summed E-state index contributed by atoms with van der Waals surface area (Å²) in [5.41, 5.74) is 0.692. The molecule has 0 saturated carbocycles. The van der Waals surface area contributed by atoms with Gasteiger partial charge in [0.15, 0.2) is 5.82 Å². The Labute approximate surface area is 270 Å². The number of carbonyl (C=O) groups excluding carboxylic acids is 2. The van der Waals surface area contributed by atoms with E-state index in [4.69, 9.17) is 14.1 Å². The lowest BCUT2D eigenvalue weighted by atomic mass is 9.92. The molecule has 1 aliphatic rings. The number of nitrogens with zero attached hydrogens (tertiary/aromatic N) is 8. The highest BCUT2D eigenvalue weighted by molar-refractivity contribution is 7.09. The molecule has 0 radical (unpaired) electrons. The summed E-state index contributed by atoms with van der Waals surface area (Å²) in [4.78, 5) is 42.3. The van der Waals surface area contributed by atoms with Crippen molar-refractivity contribution in [2.45, 2.75) is 71.1 Å². The van der Waals surface area contributed by atoms with E-state index < -0.39 is 17.2 Å². The predicted octanol–water partition coefficient (Wildman–Crippen LogP) is 5.44. The summed E-state index contributed by atoms with van der Waals surface area (Å²) in [6.07, 6.45) is 4.32. The number of aryl methyl sites for hydroxylation is 1. The van der Waals surface area contributed by atoms with Crippen molar-refractivity contribution in [3.05, 3.63) is 88.2 Å². The van der Waals surface area contributed by atoms with Crippen LogP contribution in [0.3, 0.4) is 0 Å². The molecule has 0 aliphatic carbocycles. The lowest BCUT2D eigenvalue weighted by molar-refractivity contribution is 0.0443. The lowest BCUT2D eigenvalue weighted by Crippen LogP contribution is -2.47. The molecule has 1 saturated heterocycles. The molecule has 4 aromatic heterocycles. The molecular weight excluding hydrogens is 606 g/mol. The average Bonchev–Trinajstić information content (AvgIpc) is 3.83. The number of rotatable bonds is 8. The summed E-state index contributed by atoms with van der Waals surface area (Å²) in [5, 5.41) is 18.7. The van der Waals surface area contributed by atoms with Gasteiger partial charge in [-0.3, -0.25) is 4.79 Å². The SMILES string of the molecule is Cc1csc([C@H]2CCCN2C(=O)c2cc(-c3nnc(C(C)(Cc4ccccc4)NC(=O)OC(C)(C)C)o3)nc(-n3cncn3)c2)n1. The highest BCUT2D eigenvalue weighted by Crippen LogP contribution is 2.35. The number of amides is 2. The third kappa shape index (κ3) is 6.81. The number of carbonyl (C=O) groups is 2. The summed E-state index contributed by atoms with van der Waals surface area (Å²) in [5.74, 6) is 0.417. The van der Waals surface area contributed by atoms with Crippen molar-refractivity contribution in [3.63, 3.8) is 0 Å². The van der Waals surface area contributed by atoms with Crippen molar-refractivity contribution in [1.82, 2.24) is 45.1 Å². The van der Waals surface area contributed by atoms with Crippen molar-refractivity contribution in [2.75, 3.05) is 6.54 Å². The van der Waals surface area contributed by atoms with Gasteiger partial charge in [-0.25, -0.2) is 24.4 Å². The number of benzene rings is 1. The van der Waals surface area contributed by atoms with Gasteiger partial charge in [-0.1, -0.05) is 30.3 Å². The number of ether oxygens (including phenoxy) is 1. The summed E-state index contributed by atoms with van der Waals surface area (Å²) in [6.45, 7) is 9.73. The normalized spacial score (nSPS) is 16.3. The first-order valence-corrected chi connectivity index (χ1v) is 15.8. The van der Waals surface area contributed by atoms with E-state index in [1.165, 1.54) is 17.3 Å². The van der Waals surface area contributed by atoms with Crippen LogP contribution in [0.15, 0.2) is 64.9 Å². The number of thiazole rings is 1. The molecule has 1 unspecified atom stereocenters. The van der Waals surface area contributed by atoms with Crippen LogP contribution in [-0.4, -0.2) is 64.0 Å². The van der Waals surface area contributed by atoms with E-state index in [2.05, 4.69) is 30.6 Å². The van der Waals surface area contributed by atoms with Crippen LogP contribution in [0.2, 0.25) is 0 Å².